The molecule has 100 valence electrons. The predicted octanol–water partition coefficient (Wildman–Crippen LogP) is 0.538. The third-order valence-corrected chi connectivity index (χ3v) is 5.24. The van der Waals surface area contributed by atoms with Crippen LogP contribution in [0.4, 0.5) is 0 Å². The Morgan fingerprint density at radius 2 is 2.18 bits per heavy atom. The number of rotatable bonds is 4. The minimum atomic E-state index is -3.48. The van der Waals surface area contributed by atoms with Gasteiger partial charge in [-0.25, -0.2) is 13.1 Å². The van der Waals surface area contributed by atoms with Crippen LogP contribution in [0.3, 0.4) is 0 Å². The predicted molar refractivity (Wildman–Crippen MR) is 71.4 cm³/mol. The van der Waals surface area contributed by atoms with Crippen LogP contribution >= 0.6 is 12.2 Å². The molecule has 1 fully saturated rings. The number of hydrogen-bond acceptors (Lipinski definition) is 4. The van der Waals surface area contributed by atoms with Crippen molar-refractivity contribution in [3.8, 4) is 0 Å². The Balaban J connectivity index is 2.68. The summed E-state index contributed by atoms with van der Waals surface area (Å²) in [4.78, 5) is -0.0104. The van der Waals surface area contributed by atoms with E-state index in [1.165, 1.54) is 6.92 Å². The van der Waals surface area contributed by atoms with Gasteiger partial charge in [-0.15, -0.1) is 0 Å². The molecule has 2 atom stereocenters. The van der Waals surface area contributed by atoms with Crippen LogP contribution in [0.25, 0.3) is 0 Å². The fraction of sp³-hybridized carbons (Fsp3) is 0.900. The highest BCUT2D eigenvalue weighted by Gasteiger charge is 2.33. The quantitative estimate of drug-likeness (QED) is 0.735. The summed E-state index contributed by atoms with van der Waals surface area (Å²) in [5, 5.41) is -0.844. The molecular weight excluding hydrogens is 260 g/mol. The standard InChI is InChI=1S/C10H20N2O3S2/c1-7(9(11)16)17(13,14)12-8-4-5-15-10(2,3)6-8/h7-8,12H,4-6H2,1-3H3,(H2,11,16). The fourth-order valence-electron chi connectivity index (χ4n) is 1.82. The van der Waals surface area contributed by atoms with Gasteiger partial charge in [0.05, 0.1) is 10.6 Å². The Morgan fingerprint density at radius 1 is 1.59 bits per heavy atom. The van der Waals surface area contributed by atoms with Crippen molar-refractivity contribution in [3.05, 3.63) is 0 Å². The van der Waals surface area contributed by atoms with E-state index in [9.17, 15) is 8.42 Å². The molecule has 0 aromatic rings. The van der Waals surface area contributed by atoms with Crippen LogP contribution in [0, 0.1) is 0 Å². The zero-order valence-corrected chi connectivity index (χ0v) is 12.0. The smallest absolute Gasteiger partial charge is 0.220 e. The largest absolute Gasteiger partial charge is 0.392 e. The van der Waals surface area contributed by atoms with Crippen LogP contribution in [0.15, 0.2) is 0 Å². The molecule has 1 aliphatic heterocycles. The second-order valence-electron chi connectivity index (χ2n) is 5.01. The van der Waals surface area contributed by atoms with Gasteiger partial charge in [0.2, 0.25) is 10.0 Å². The Morgan fingerprint density at radius 3 is 2.65 bits per heavy atom. The summed E-state index contributed by atoms with van der Waals surface area (Å²) in [7, 11) is -3.48. The molecule has 0 radical (unpaired) electrons. The van der Waals surface area contributed by atoms with Gasteiger partial charge in [-0.05, 0) is 33.6 Å². The number of nitrogens with two attached hydrogens (primary N) is 1. The van der Waals surface area contributed by atoms with Gasteiger partial charge in [-0.2, -0.15) is 0 Å². The molecule has 7 heteroatoms. The lowest BCUT2D eigenvalue weighted by Gasteiger charge is -2.36. The summed E-state index contributed by atoms with van der Waals surface area (Å²) < 4.78 is 32.1. The van der Waals surface area contributed by atoms with E-state index in [1.54, 1.807) is 0 Å². The molecule has 0 aliphatic carbocycles. The van der Waals surface area contributed by atoms with E-state index in [0.29, 0.717) is 19.4 Å². The molecule has 1 aliphatic rings. The number of thiocarbonyl (C=S) groups is 1. The van der Waals surface area contributed by atoms with Gasteiger partial charge >= 0.3 is 0 Å². The van der Waals surface area contributed by atoms with Crippen molar-refractivity contribution in [2.24, 2.45) is 5.73 Å². The zero-order valence-electron chi connectivity index (χ0n) is 10.4. The average molecular weight is 280 g/mol. The fourth-order valence-corrected chi connectivity index (χ4v) is 3.38. The summed E-state index contributed by atoms with van der Waals surface area (Å²) in [6.07, 6.45) is 1.32. The second kappa shape index (κ2) is 5.17. The van der Waals surface area contributed by atoms with E-state index in [-0.39, 0.29) is 16.6 Å². The normalized spacial score (nSPS) is 26.4. The number of hydrogen-bond donors (Lipinski definition) is 2. The van der Waals surface area contributed by atoms with Crippen molar-refractivity contribution in [2.45, 2.75) is 50.5 Å². The third-order valence-electron chi connectivity index (χ3n) is 2.89. The lowest BCUT2D eigenvalue weighted by molar-refractivity contribution is -0.0599. The van der Waals surface area contributed by atoms with Gasteiger partial charge in [0, 0.05) is 12.6 Å². The molecule has 3 N–H and O–H groups in total. The van der Waals surface area contributed by atoms with Crippen molar-refractivity contribution >= 4 is 27.2 Å². The summed E-state index contributed by atoms with van der Waals surface area (Å²) >= 11 is 4.71. The van der Waals surface area contributed by atoms with Crippen LogP contribution in [0.2, 0.25) is 0 Å². The molecule has 1 heterocycles. The van der Waals surface area contributed by atoms with Gasteiger partial charge in [-0.3, -0.25) is 0 Å². The van der Waals surface area contributed by atoms with Gasteiger partial charge in [0.25, 0.3) is 0 Å². The molecule has 2 unspecified atom stereocenters. The minimum absolute atomic E-state index is 0.0104. The van der Waals surface area contributed by atoms with E-state index in [2.05, 4.69) is 4.72 Å². The number of sulfonamides is 1. The molecule has 17 heavy (non-hydrogen) atoms. The first-order chi connectivity index (χ1) is 7.64. The molecule has 0 aromatic carbocycles. The highest BCUT2D eigenvalue weighted by Crippen LogP contribution is 2.24. The van der Waals surface area contributed by atoms with E-state index in [4.69, 9.17) is 22.7 Å². The van der Waals surface area contributed by atoms with Gasteiger partial charge in [-0.1, -0.05) is 12.2 Å². The van der Waals surface area contributed by atoms with Crippen molar-refractivity contribution in [1.29, 1.82) is 0 Å². The van der Waals surface area contributed by atoms with Gasteiger partial charge in [0.1, 0.15) is 5.25 Å². The van der Waals surface area contributed by atoms with Crippen LogP contribution in [-0.4, -0.2) is 36.9 Å². The Labute approximate surface area is 108 Å². The lowest BCUT2D eigenvalue weighted by Crippen LogP contribution is -2.49. The SMILES string of the molecule is CC(C(N)=S)S(=O)(=O)NC1CCOC(C)(C)C1. The van der Waals surface area contributed by atoms with Gasteiger partial charge in [0.15, 0.2) is 0 Å². The van der Waals surface area contributed by atoms with Crippen LogP contribution in [-0.2, 0) is 14.8 Å². The van der Waals surface area contributed by atoms with E-state index < -0.39 is 15.3 Å². The number of ether oxygens (including phenoxy) is 1. The lowest BCUT2D eigenvalue weighted by atomic mass is 9.95. The molecule has 0 aromatic heterocycles. The maximum Gasteiger partial charge on any atom is 0.220 e. The first kappa shape index (κ1) is 14.8. The third kappa shape index (κ3) is 4.17. The van der Waals surface area contributed by atoms with Crippen molar-refractivity contribution in [2.75, 3.05) is 6.61 Å². The van der Waals surface area contributed by atoms with E-state index >= 15 is 0 Å². The Kier molecular flexibility index (Phi) is 4.51. The topological polar surface area (TPSA) is 81.4 Å². The maximum absolute atomic E-state index is 11.9. The van der Waals surface area contributed by atoms with Gasteiger partial charge < -0.3 is 10.5 Å². The summed E-state index contributed by atoms with van der Waals surface area (Å²) in [6.45, 7) is 5.95. The number of nitrogens with one attached hydrogen (secondary N) is 1. The molecule has 1 rings (SSSR count). The molecule has 0 saturated carbocycles. The highest BCUT2D eigenvalue weighted by molar-refractivity contribution is 7.93. The first-order valence-corrected chi connectivity index (χ1v) is 7.54. The second-order valence-corrected chi connectivity index (χ2v) is 7.51. The van der Waals surface area contributed by atoms with E-state index in [0.717, 1.165) is 0 Å². The van der Waals surface area contributed by atoms with Crippen LogP contribution < -0.4 is 10.5 Å². The zero-order chi connectivity index (χ0) is 13.3. The molecule has 0 amide bonds. The van der Waals surface area contributed by atoms with E-state index in [1.807, 2.05) is 13.8 Å². The monoisotopic (exact) mass is 280 g/mol. The summed E-state index contributed by atoms with van der Waals surface area (Å²) in [6, 6.07) is -0.111. The molecule has 0 spiro atoms. The molecule has 1 saturated heterocycles. The summed E-state index contributed by atoms with van der Waals surface area (Å²) in [5.74, 6) is 0. The van der Waals surface area contributed by atoms with Crippen molar-refractivity contribution in [3.63, 3.8) is 0 Å². The maximum atomic E-state index is 11.9. The van der Waals surface area contributed by atoms with Crippen molar-refractivity contribution in [1.82, 2.24) is 4.72 Å². The van der Waals surface area contributed by atoms with Crippen molar-refractivity contribution < 1.29 is 13.2 Å². The summed E-state index contributed by atoms with van der Waals surface area (Å²) in [5.41, 5.74) is 5.07. The molecular formula is C10H20N2O3S2. The Bertz CT molecular complexity index is 392. The van der Waals surface area contributed by atoms with Crippen LogP contribution in [0.5, 0.6) is 0 Å². The average Bonchev–Trinajstić information content (AvgIpc) is 2.13. The Hall–Kier alpha value is -0.240. The molecule has 5 nitrogen and oxygen atoms in total. The highest BCUT2D eigenvalue weighted by atomic mass is 32.2. The minimum Gasteiger partial charge on any atom is -0.392 e. The first-order valence-electron chi connectivity index (χ1n) is 5.58. The van der Waals surface area contributed by atoms with Crippen LogP contribution in [0.1, 0.15) is 33.6 Å². The molecule has 0 bridgehead atoms.